The standard InChI is InChI=1S/C19H20N4O/c1-22-12-10-15(19(22)14-7-3-2-4-8-14)20-16-13-18(24)23-11-6-5-9-17(23)21-16/h2-9,11,13,15,19-20H,10,12H2,1H3/t15-,19+/m0/s1. The second-order valence-electron chi connectivity index (χ2n) is 6.28. The Morgan fingerprint density at radius 3 is 2.75 bits per heavy atom. The number of rotatable bonds is 3. The third-order valence-electron chi connectivity index (χ3n) is 4.69. The largest absolute Gasteiger partial charge is 0.365 e. The monoisotopic (exact) mass is 320 g/mol. The summed E-state index contributed by atoms with van der Waals surface area (Å²) in [5.74, 6) is 0.646. The quantitative estimate of drug-likeness (QED) is 0.806. The molecule has 0 radical (unpaired) electrons. The minimum atomic E-state index is -0.0642. The van der Waals surface area contributed by atoms with Crippen molar-refractivity contribution >= 4 is 11.5 Å². The van der Waals surface area contributed by atoms with Gasteiger partial charge < -0.3 is 5.32 Å². The Balaban J connectivity index is 1.66. The molecule has 5 heteroatoms. The summed E-state index contributed by atoms with van der Waals surface area (Å²) in [5, 5.41) is 3.49. The average molecular weight is 320 g/mol. The number of hydrogen-bond donors (Lipinski definition) is 1. The summed E-state index contributed by atoms with van der Waals surface area (Å²) >= 11 is 0. The summed E-state index contributed by atoms with van der Waals surface area (Å²) < 4.78 is 1.56. The molecule has 0 bridgehead atoms. The number of fused-ring (bicyclic) bond motifs is 1. The third-order valence-corrected chi connectivity index (χ3v) is 4.69. The molecule has 1 saturated heterocycles. The first-order valence-electron chi connectivity index (χ1n) is 8.22. The molecule has 2 atom stereocenters. The zero-order valence-electron chi connectivity index (χ0n) is 13.6. The second kappa shape index (κ2) is 6.09. The van der Waals surface area contributed by atoms with Crippen molar-refractivity contribution in [1.82, 2.24) is 14.3 Å². The molecule has 122 valence electrons. The molecule has 5 nitrogen and oxygen atoms in total. The van der Waals surface area contributed by atoms with Gasteiger partial charge in [0.05, 0.1) is 6.04 Å². The Hall–Kier alpha value is -2.66. The van der Waals surface area contributed by atoms with Crippen LogP contribution in [0.5, 0.6) is 0 Å². The van der Waals surface area contributed by atoms with Crippen molar-refractivity contribution in [3.8, 4) is 0 Å². The van der Waals surface area contributed by atoms with Gasteiger partial charge in [0, 0.05) is 24.8 Å². The lowest BCUT2D eigenvalue weighted by Crippen LogP contribution is -2.30. The van der Waals surface area contributed by atoms with Crippen molar-refractivity contribution in [2.75, 3.05) is 18.9 Å². The Labute approximate surface area is 140 Å². The van der Waals surface area contributed by atoms with Gasteiger partial charge in [-0.3, -0.25) is 14.1 Å². The molecule has 2 aromatic heterocycles. The molecule has 1 aliphatic heterocycles. The topological polar surface area (TPSA) is 49.6 Å². The molecular weight excluding hydrogens is 300 g/mol. The molecule has 0 spiro atoms. The number of aromatic nitrogens is 2. The summed E-state index contributed by atoms with van der Waals surface area (Å²) in [5.41, 5.74) is 1.88. The molecule has 0 aliphatic carbocycles. The van der Waals surface area contributed by atoms with Crippen LogP contribution in [0.2, 0.25) is 0 Å². The third kappa shape index (κ3) is 2.67. The van der Waals surface area contributed by atoms with E-state index in [2.05, 4.69) is 46.5 Å². The number of hydrogen-bond acceptors (Lipinski definition) is 4. The molecule has 3 aromatic rings. The highest BCUT2D eigenvalue weighted by atomic mass is 16.1. The van der Waals surface area contributed by atoms with E-state index in [4.69, 9.17) is 0 Å². The first kappa shape index (κ1) is 14.9. The number of likely N-dealkylation sites (N-methyl/N-ethyl adjacent to an activating group) is 1. The van der Waals surface area contributed by atoms with Crippen LogP contribution in [-0.4, -0.2) is 33.9 Å². The van der Waals surface area contributed by atoms with Crippen LogP contribution in [0.4, 0.5) is 5.82 Å². The Bertz CT molecular complexity index is 906. The molecule has 1 aromatic carbocycles. The Morgan fingerprint density at radius 2 is 1.92 bits per heavy atom. The highest BCUT2D eigenvalue weighted by Crippen LogP contribution is 2.32. The first-order valence-corrected chi connectivity index (χ1v) is 8.22. The van der Waals surface area contributed by atoms with Gasteiger partial charge in [0.15, 0.2) is 0 Å². The van der Waals surface area contributed by atoms with Crippen LogP contribution in [0.3, 0.4) is 0 Å². The molecule has 3 heterocycles. The number of benzene rings is 1. The van der Waals surface area contributed by atoms with Crippen LogP contribution in [-0.2, 0) is 0 Å². The summed E-state index contributed by atoms with van der Waals surface area (Å²) in [6.07, 6.45) is 2.76. The number of anilines is 1. The van der Waals surface area contributed by atoms with E-state index in [0.717, 1.165) is 13.0 Å². The minimum absolute atomic E-state index is 0.0642. The van der Waals surface area contributed by atoms with Crippen molar-refractivity contribution < 1.29 is 0 Å². The van der Waals surface area contributed by atoms with E-state index in [1.807, 2.05) is 24.3 Å². The molecule has 24 heavy (non-hydrogen) atoms. The van der Waals surface area contributed by atoms with Gasteiger partial charge >= 0.3 is 0 Å². The van der Waals surface area contributed by atoms with E-state index in [0.29, 0.717) is 11.5 Å². The van der Waals surface area contributed by atoms with Crippen molar-refractivity contribution in [3.05, 3.63) is 76.7 Å². The van der Waals surface area contributed by atoms with E-state index in [1.54, 1.807) is 16.7 Å². The van der Waals surface area contributed by atoms with Gasteiger partial charge in [-0.05, 0) is 31.2 Å². The predicted molar refractivity (Wildman–Crippen MR) is 95.3 cm³/mol. The summed E-state index contributed by atoms with van der Waals surface area (Å²) in [6.45, 7) is 1.02. The molecule has 1 aliphatic rings. The average Bonchev–Trinajstić information content (AvgIpc) is 2.96. The minimum Gasteiger partial charge on any atom is -0.365 e. The van der Waals surface area contributed by atoms with Crippen LogP contribution in [0.15, 0.2) is 65.6 Å². The first-order chi connectivity index (χ1) is 11.7. The Kier molecular flexibility index (Phi) is 3.78. The maximum Gasteiger partial charge on any atom is 0.259 e. The highest BCUT2D eigenvalue weighted by molar-refractivity contribution is 5.47. The van der Waals surface area contributed by atoms with Crippen LogP contribution < -0.4 is 10.9 Å². The van der Waals surface area contributed by atoms with Crippen LogP contribution in [0, 0.1) is 0 Å². The van der Waals surface area contributed by atoms with Gasteiger partial charge in [0.1, 0.15) is 11.5 Å². The molecule has 1 fully saturated rings. The molecular formula is C19H20N4O. The van der Waals surface area contributed by atoms with Crippen molar-refractivity contribution in [2.24, 2.45) is 0 Å². The molecule has 0 unspecified atom stereocenters. The highest BCUT2D eigenvalue weighted by Gasteiger charge is 2.33. The van der Waals surface area contributed by atoms with Gasteiger partial charge in [-0.15, -0.1) is 0 Å². The van der Waals surface area contributed by atoms with E-state index in [-0.39, 0.29) is 17.6 Å². The summed E-state index contributed by atoms with van der Waals surface area (Å²) in [7, 11) is 2.14. The van der Waals surface area contributed by atoms with Gasteiger partial charge in [-0.2, -0.15) is 0 Å². The van der Waals surface area contributed by atoms with Gasteiger partial charge in [0.2, 0.25) is 0 Å². The van der Waals surface area contributed by atoms with Gasteiger partial charge in [-0.25, -0.2) is 4.98 Å². The van der Waals surface area contributed by atoms with E-state index in [9.17, 15) is 4.79 Å². The van der Waals surface area contributed by atoms with Crippen LogP contribution in [0.25, 0.3) is 5.65 Å². The zero-order chi connectivity index (χ0) is 16.5. The molecule has 0 saturated carbocycles. The van der Waals surface area contributed by atoms with Crippen molar-refractivity contribution in [1.29, 1.82) is 0 Å². The van der Waals surface area contributed by atoms with Crippen LogP contribution >= 0.6 is 0 Å². The molecule has 0 amide bonds. The van der Waals surface area contributed by atoms with Crippen LogP contribution in [0.1, 0.15) is 18.0 Å². The number of pyridine rings is 1. The summed E-state index contributed by atoms with van der Waals surface area (Å²) in [4.78, 5) is 19.2. The number of likely N-dealkylation sites (tertiary alicyclic amines) is 1. The molecule has 4 rings (SSSR count). The fraction of sp³-hybridized carbons (Fsp3) is 0.263. The number of nitrogens with zero attached hydrogens (tertiary/aromatic N) is 3. The predicted octanol–water partition coefficient (Wildman–Crippen LogP) is 2.55. The lowest BCUT2D eigenvalue weighted by molar-refractivity contribution is 0.309. The van der Waals surface area contributed by atoms with E-state index in [1.165, 1.54) is 5.56 Å². The van der Waals surface area contributed by atoms with Crippen molar-refractivity contribution in [2.45, 2.75) is 18.5 Å². The maximum absolute atomic E-state index is 12.3. The molecule has 1 N–H and O–H groups in total. The smallest absolute Gasteiger partial charge is 0.259 e. The van der Waals surface area contributed by atoms with Crippen molar-refractivity contribution in [3.63, 3.8) is 0 Å². The zero-order valence-corrected chi connectivity index (χ0v) is 13.6. The lowest BCUT2D eigenvalue weighted by atomic mass is 10.0. The summed E-state index contributed by atoms with van der Waals surface area (Å²) in [6, 6.07) is 18.1. The fourth-order valence-corrected chi connectivity index (χ4v) is 3.55. The number of nitrogens with one attached hydrogen (secondary N) is 1. The normalized spacial score (nSPS) is 21.2. The van der Waals surface area contributed by atoms with E-state index < -0.39 is 0 Å². The van der Waals surface area contributed by atoms with E-state index >= 15 is 0 Å². The maximum atomic E-state index is 12.3. The Morgan fingerprint density at radius 1 is 1.12 bits per heavy atom. The van der Waals surface area contributed by atoms with Gasteiger partial charge in [0.25, 0.3) is 5.56 Å². The fourth-order valence-electron chi connectivity index (χ4n) is 3.55. The SMILES string of the molecule is CN1CC[C@H](Nc2cc(=O)n3ccccc3n2)[C@H]1c1ccccc1. The lowest BCUT2D eigenvalue weighted by Gasteiger charge is -2.26. The van der Waals surface area contributed by atoms with Gasteiger partial charge in [-0.1, -0.05) is 36.4 Å². The second-order valence-corrected chi connectivity index (χ2v) is 6.28.